The molecule has 0 radical (unpaired) electrons. The molecule has 0 heterocycles. The van der Waals surface area contributed by atoms with Crippen LogP contribution < -0.4 is 15.9 Å². The number of rotatable bonds is 6. The number of nitrogens with zero attached hydrogens (tertiary/aromatic N) is 1. The van der Waals surface area contributed by atoms with E-state index in [4.69, 9.17) is 10.5 Å². The molecule has 2 aromatic rings. The average Bonchev–Trinajstić information content (AvgIpc) is 2.56. The number of hydrogen-bond acceptors (Lipinski definition) is 5. The van der Waals surface area contributed by atoms with Crippen LogP contribution in [-0.2, 0) is 4.79 Å². The molecule has 7 nitrogen and oxygen atoms in total. The Morgan fingerprint density at radius 3 is 2.79 bits per heavy atom. The molecular weight excluding hydrogens is 378 g/mol. The SMILES string of the molecule is NC(=O)c1ccccc1OCC(=O)N/N=C\c1cc(Br)ccc1O. The summed E-state index contributed by atoms with van der Waals surface area (Å²) in [6.07, 6.45) is 1.30. The highest BCUT2D eigenvalue weighted by Gasteiger charge is 2.10. The first-order chi connectivity index (χ1) is 11.5. The van der Waals surface area contributed by atoms with E-state index in [0.29, 0.717) is 5.56 Å². The van der Waals surface area contributed by atoms with Crippen LogP contribution in [0.2, 0.25) is 0 Å². The van der Waals surface area contributed by atoms with E-state index in [1.54, 1.807) is 24.3 Å². The van der Waals surface area contributed by atoms with Gasteiger partial charge in [-0.3, -0.25) is 9.59 Å². The Labute approximate surface area is 146 Å². The Morgan fingerprint density at radius 2 is 2.04 bits per heavy atom. The highest BCUT2D eigenvalue weighted by atomic mass is 79.9. The van der Waals surface area contributed by atoms with Crippen LogP contribution in [0.4, 0.5) is 0 Å². The third kappa shape index (κ3) is 4.82. The molecule has 0 aliphatic carbocycles. The topological polar surface area (TPSA) is 114 Å². The summed E-state index contributed by atoms with van der Waals surface area (Å²) in [6, 6.07) is 11.2. The van der Waals surface area contributed by atoms with Crippen LogP contribution in [0.3, 0.4) is 0 Å². The minimum atomic E-state index is -0.644. The monoisotopic (exact) mass is 391 g/mol. The van der Waals surface area contributed by atoms with Crippen molar-refractivity contribution < 1.29 is 19.4 Å². The molecule has 0 spiro atoms. The first-order valence-corrected chi connectivity index (χ1v) is 7.58. The van der Waals surface area contributed by atoms with E-state index in [0.717, 1.165) is 4.47 Å². The molecule has 24 heavy (non-hydrogen) atoms. The fraction of sp³-hybridized carbons (Fsp3) is 0.0625. The van der Waals surface area contributed by atoms with E-state index in [-0.39, 0.29) is 23.7 Å². The molecule has 0 unspecified atom stereocenters. The maximum absolute atomic E-state index is 11.7. The fourth-order valence-corrected chi connectivity index (χ4v) is 2.15. The fourth-order valence-electron chi connectivity index (χ4n) is 1.77. The number of hydrazone groups is 1. The number of hydrogen-bond donors (Lipinski definition) is 3. The summed E-state index contributed by atoms with van der Waals surface area (Å²) in [6.45, 7) is -0.341. The summed E-state index contributed by atoms with van der Waals surface area (Å²) in [7, 11) is 0. The lowest BCUT2D eigenvalue weighted by atomic mass is 10.2. The third-order valence-electron chi connectivity index (χ3n) is 2.89. The number of amides is 2. The zero-order valence-electron chi connectivity index (χ0n) is 12.4. The lowest BCUT2D eigenvalue weighted by Gasteiger charge is -2.08. The van der Waals surface area contributed by atoms with Crippen LogP contribution >= 0.6 is 15.9 Å². The van der Waals surface area contributed by atoms with Crippen molar-refractivity contribution in [3.63, 3.8) is 0 Å². The van der Waals surface area contributed by atoms with Gasteiger partial charge in [0, 0.05) is 10.0 Å². The number of nitrogens with two attached hydrogens (primary N) is 1. The molecule has 2 aromatic carbocycles. The van der Waals surface area contributed by atoms with Crippen LogP contribution in [0.5, 0.6) is 11.5 Å². The number of carbonyl (C=O) groups is 2. The summed E-state index contributed by atoms with van der Waals surface area (Å²) >= 11 is 3.27. The molecule has 0 aromatic heterocycles. The molecule has 0 atom stereocenters. The largest absolute Gasteiger partial charge is 0.507 e. The molecule has 0 bridgehead atoms. The Morgan fingerprint density at radius 1 is 1.29 bits per heavy atom. The second-order valence-corrected chi connectivity index (χ2v) is 5.56. The predicted octanol–water partition coefficient (Wildman–Crippen LogP) is 1.78. The summed E-state index contributed by atoms with van der Waals surface area (Å²) in [5, 5.41) is 13.4. The quantitative estimate of drug-likeness (QED) is 0.514. The maximum atomic E-state index is 11.7. The summed E-state index contributed by atoms with van der Waals surface area (Å²) in [4.78, 5) is 22.9. The second kappa shape index (κ2) is 8.11. The lowest BCUT2D eigenvalue weighted by molar-refractivity contribution is -0.123. The van der Waals surface area contributed by atoms with Gasteiger partial charge in [0.25, 0.3) is 11.8 Å². The molecule has 2 rings (SSSR count). The van der Waals surface area contributed by atoms with Crippen molar-refractivity contribution in [2.24, 2.45) is 10.8 Å². The summed E-state index contributed by atoms with van der Waals surface area (Å²) in [5.74, 6) is -0.925. The normalized spacial score (nSPS) is 10.5. The van der Waals surface area contributed by atoms with Crippen molar-refractivity contribution in [3.05, 3.63) is 58.1 Å². The molecule has 0 fully saturated rings. The van der Waals surface area contributed by atoms with Gasteiger partial charge in [0.1, 0.15) is 11.5 Å². The highest BCUT2D eigenvalue weighted by molar-refractivity contribution is 9.10. The Balaban J connectivity index is 1.91. The number of nitrogens with one attached hydrogen (secondary N) is 1. The smallest absolute Gasteiger partial charge is 0.277 e. The van der Waals surface area contributed by atoms with Gasteiger partial charge in [-0.05, 0) is 30.3 Å². The second-order valence-electron chi connectivity index (χ2n) is 4.65. The van der Waals surface area contributed by atoms with Crippen LogP contribution in [0.15, 0.2) is 52.0 Å². The van der Waals surface area contributed by atoms with Crippen molar-refractivity contribution in [1.29, 1.82) is 0 Å². The average molecular weight is 392 g/mol. The molecule has 0 aliphatic rings. The molecular formula is C16H14BrN3O4. The number of phenolic OH excluding ortho intramolecular Hbond substituents is 1. The Hall–Kier alpha value is -2.87. The molecule has 0 aliphatic heterocycles. The van der Waals surface area contributed by atoms with Crippen molar-refractivity contribution in [2.75, 3.05) is 6.61 Å². The number of ether oxygens (including phenoxy) is 1. The first-order valence-electron chi connectivity index (χ1n) is 6.79. The van der Waals surface area contributed by atoms with Gasteiger partial charge in [-0.2, -0.15) is 5.10 Å². The maximum Gasteiger partial charge on any atom is 0.277 e. The summed E-state index contributed by atoms with van der Waals surface area (Å²) in [5.41, 5.74) is 8.10. The third-order valence-corrected chi connectivity index (χ3v) is 3.39. The number of phenols is 1. The van der Waals surface area contributed by atoms with Crippen molar-refractivity contribution >= 4 is 34.0 Å². The number of halogens is 1. The molecule has 8 heteroatoms. The number of carbonyl (C=O) groups excluding carboxylic acids is 2. The van der Waals surface area contributed by atoms with Crippen LogP contribution in [0.25, 0.3) is 0 Å². The molecule has 0 saturated heterocycles. The highest BCUT2D eigenvalue weighted by Crippen LogP contribution is 2.20. The molecule has 4 N–H and O–H groups in total. The van der Waals surface area contributed by atoms with E-state index in [1.165, 1.54) is 24.4 Å². The van der Waals surface area contributed by atoms with Gasteiger partial charge in [0.15, 0.2) is 6.61 Å². The zero-order valence-corrected chi connectivity index (χ0v) is 14.0. The van der Waals surface area contributed by atoms with Gasteiger partial charge in [0.05, 0.1) is 11.8 Å². The van der Waals surface area contributed by atoms with Gasteiger partial charge in [-0.1, -0.05) is 28.1 Å². The lowest BCUT2D eigenvalue weighted by Crippen LogP contribution is -2.25. The van der Waals surface area contributed by atoms with Crippen molar-refractivity contribution in [2.45, 2.75) is 0 Å². The summed E-state index contributed by atoms with van der Waals surface area (Å²) < 4.78 is 6.03. The van der Waals surface area contributed by atoms with Gasteiger partial charge in [0.2, 0.25) is 0 Å². The van der Waals surface area contributed by atoms with Gasteiger partial charge >= 0.3 is 0 Å². The van der Waals surface area contributed by atoms with Crippen molar-refractivity contribution in [3.8, 4) is 11.5 Å². The standard InChI is InChI=1S/C16H14BrN3O4/c17-11-5-6-13(21)10(7-11)8-19-20-15(22)9-24-14-4-2-1-3-12(14)16(18)23/h1-8,21H,9H2,(H2,18,23)(H,20,22)/b19-8-. The number of benzene rings is 2. The zero-order chi connectivity index (χ0) is 17.5. The number of primary amides is 1. The van der Waals surface area contributed by atoms with Crippen LogP contribution in [0.1, 0.15) is 15.9 Å². The van der Waals surface area contributed by atoms with E-state index in [9.17, 15) is 14.7 Å². The van der Waals surface area contributed by atoms with Crippen LogP contribution in [0, 0.1) is 0 Å². The predicted molar refractivity (Wildman–Crippen MR) is 92.0 cm³/mol. The number of para-hydroxylation sites is 1. The van der Waals surface area contributed by atoms with E-state index < -0.39 is 11.8 Å². The van der Waals surface area contributed by atoms with Gasteiger partial charge < -0.3 is 15.6 Å². The van der Waals surface area contributed by atoms with Gasteiger partial charge in [-0.15, -0.1) is 0 Å². The first kappa shape index (κ1) is 17.5. The van der Waals surface area contributed by atoms with Gasteiger partial charge in [-0.25, -0.2) is 5.43 Å². The molecule has 124 valence electrons. The van der Waals surface area contributed by atoms with E-state index in [2.05, 4.69) is 26.5 Å². The molecule has 0 saturated carbocycles. The Kier molecular flexibility index (Phi) is 5.91. The van der Waals surface area contributed by atoms with Crippen LogP contribution in [-0.4, -0.2) is 29.7 Å². The van der Waals surface area contributed by atoms with Crippen molar-refractivity contribution in [1.82, 2.24) is 5.43 Å². The van der Waals surface area contributed by atoms with E-state index in [1.807, 2.05) is 0 Å². The molecule has 2 amide bonds. The van der Waals surface area contributed by atoms with E-state index >= 15 is 0 Å². The Bertz CT molecular complexity index is 793. The number of aromatic hydroxyl groups is 1. The minimum absolute atomic E-state index is 0.0304. The minimum Gasteiger partial charge on any atom is -0.507 e.